The molecule has 0 radical (unpaired) electrons. The predicted molar refractivity (Wildman–Crippen MR) is 83.8 cm³/mol. The molecule has 1 aliphatic heterocycles. The van der Waals surface area contributed by atoms with Crippen LogP contribution >= 0.6 is 0 Å². The Hall–Kier alpha value is -1.39. The SMILES string of the molecule is CC(NC(=O)CN1CCCC(C)C1CO)c1ccccc1. The first-order chi connectivity index (χ1) is 10.1. The highest BCUT2D eigenvalue weighted by Crippen LogP contribution is 2.22. The first-order valence-corrected chi connectivity index (χ1v) is 7.81. The lowest BCUT2D eigenvalue weighted by Crippen LogP contribution is -2.50. The van der Waals surface area contributed by atoms with Gasteiger partial charge < -0.3 is 10.4 Å². The Kier molecular flexibility index (Phi) is 5.76. The summed E-state index contributed by atoms with van der Waals surface area (Å²) in [5.74, 6) is 0.474. The molecular weight excluding hydrogens is 264 g/mol. The quantitative estimate of drug-likeness (QED) is 0.871. The van der Waals surface area contributed by atoms with Crippen molar-refractivity contribution in [2.24, 2.45) is 5.92 Å². The van der Waals surface area contributed by atoms with Crippen molar-refractivity contribution < 1.29 is 9.90 Å². The molecule has 4 nitrogen and oxygen atoms in total. The fourth-order valence-corrected chi connectivity index (χ4v) is 3.12. The molecule has 0 bridgehead atoms. The van der Waals surface area contributed by atoms with Gasteiger partial charge in [0.1, 0.15) is 0 Å². The van der Waals surface area contributed by atoms with Crippen LogP contribution in [0.1, 0.15) is 38.3 Å². The van der Waals surface area contributed by atoms with Gasteiger partial charge in [-0.1, -0.05) is 37.3 Å². The Morgan fingerprint density at radius 1 is 1.43 bits per heavy atom. The molecule has 4 heteroatoms. The van der Waals surface area contributed by atoms with Crippen molar-refractivity contribution in [1.29, 1.82) is 0 Å². The van der Waals surface area contributed by atoms with Gasteiger partial charge in [0.2, 0.25) is 5.91 Å². The number of benzene rings is 1. The zero-order chi connectivity index (χ0) is 15.2. The fraction of sp³-hybridized carbons (Fsp3) is 0.588. The van der Waals surface area contributed by atoms with Gasteiger partial charge in [-0.25, -0.2) is 0 Å². The standard InChI is InChI=1S/C17H26N2O2/c1-13-7-6-10-19(16(13)12-20)11-17(21)18-14(2)15-8-4-3-5-9-15/h3-5,8-9,13-14,16,20H,6-7,10-12H2,1-2H3,(H,18,21). The molecule has 1 heterocycles. The Morgan fingerprint density at radius 3 is 2.81 bits per heavy atom. The van der Waals surface area contributed by atoms with Gasteiger partial charge in [0.15, 0.2) is 0 Å². The van der Waals surface area contributed by atoms with E-state index < -0.39 is 0 Å². The summed E-state index contributed by atoms with van der Waals surface area (Å²) in [7, 11) is 0. The maximum Gasteiger partial charge on any atom is 0.234 e. The number of likely N-dealkylation sites (tertiary alicyclic amines) is 1. The Balaban J connectivity index is 1.89. The van der Waals surface area contributed by atoms with Crippen LogP contribution in [0.15, 0.2) is 30.3 Å². The molecule has 0 spiro atoms. The largest absolute Gasteiger partial charge is 0.395 e. The van der Waals surface area contributed by atoms with Crippen LogP contribution in [0.3, 0.4) is 0 Å². The maximum atomic E-state index is 12.2. The summed E-state index contributed by atoms with van der Waals surface area (Å²) >= 11 is 0. The number of aliphatic hydroxyl groups is 1. The highest BCUT2D eigenvalue weighted by molar-refractivity contribution is 5.78. The molecular formula is C17H26N2O2. The molecule has 21 heavy (non-hydrogen) atoms. The van der Waals surface area contributed by atoms with Crippen molar-refractivity contribution >= 4 is 5.91 Å². The number of amides is 1. The van der Waals surface area contributed by atoms with Crippen LogP contribution in [0.5, 0.6) is 0 Å². The van der Waals surface area contributed by atoms with Crippen molar-refractivity contribution in [1.82, 2.24) is 10.2 Å². The molecule has 1 saturated heterocycles. The van der Waals surface area contributed by atoms with E-state index in [1.165, 1.54) is 0 Å². The number of carbonyl (C=O) groups excluding carboxylic acids is 1. The number of hydrogen-bond acceptors (Lipinski definition) is 3. The molecule has 116 valence electrons. The van der Waals surface area contributed by atoms with Gasteiger partial charge in [0, 0.05) is 6.04 Å². The molecule has 2 N–H and O–H groups in total. The van der Waals surface area contributed by atoms with Crippen molar-refractivity contribution in [3.05, 3.63) is 35.9 Å². The maximum absolute atomic E-state index is 12.2. The van der Waals surface area contributed by atoms with Gasteiger partial charge in [-0.3, -0.25) is 9.69 Å². The lowest BCUT2D eigenvalue weighted by Gasteiger charge is -2.38. The van der Waals surface area contributed by atoms with E-state index in [4.69, 9.17) is 0 Å². The van der Waals surface area contributed by atoms with E-state index >= 15 is 0 Å². The topological polar surface area (TPSA) is 52.6 Å². The summed E-state index contributed by atoms with van der Waals surface area (Å²) in [6, 6.07) is 10.1. The molecule has 3 atom stereocenters. The number of aliphatic hydroxyl groups excluding tert-OH is 1. The first-order valence-electron chi connectivity index (χ1n) is 7.81. The average molecular weight is 290 g/mol. The monoisotopic (exact) mass is 290 g/mol. The zero-order valence-electron chi connectivity index (χ0n) is 13.0. The minimum Gasteiger partial charge on any atom is -0.395 e. The number of piperidine rings is 1. The summed E-state index contributed by atoms with van der Waals surface area (Å²) in [5.41, 5.74) is 1.11. The van der Waals surface area contributed by atoms with E-state index in [1.807, 2.05) is 37.3 Å². The van der Waals surface area contributed by atoms with Crippen molar-refractivity contribution in [2.45, 2.75) is 38.8 Å². The molecule has 1 fully saturated rings. The summed E-state index contributed by atoms with van der Waals surface area (Å²) in [5, 5.41) is 12.6. The van der Waals surface area contributed by atoms with Gasteiger partial charge in [-0.2, -0.15) is 0 Å². The van der Waals surface area contributed by atoms with Crippen molar-refractivity contribution in [2.75, 3.05) is 19.7 Å². The summed E-state index contributed by atoms with van der Waals surface area (Å²) in [6.07, 6.45) is 2.23. The summed E-state index contributed by atoms with van der Waals surface area (Å²) in [4.78, 5) is 14.3. The molecule has 2 rings (SSSR count). The van der Waals surface area contributed by atoms with Crippen LogP contribution in [-0.2, 0) is 4.79 Å². The summed E-state index contributed by atoms with van der Waals surface area (Å²) in [6.45, 7) is 5.53. The van der Waals surface area contributed by atoms with Crippen LogP contribution < -0.4 is 5.32 Å². The van der Waals surface area contributed by atoms with E-state index in [-0.39, 0.29) is 24.6 Å². The minimum atomic E-state index is 0.00786. The molecule has 1 aromatic rings. The molecule has 3 unspecified atom stereocenters. The second-order valence-electron chi connectivity index (χ2n) is 6.04. The lowest BCUT2D eigenvalue weighted by atomic mass is 9.91. The molecule has 0 aliphatic carbocycles. The molecule has 0 saturated carbocycles. The highest BCUT2D eigenvalue weighted by Gasteiger charge is 2.29. The van der Waals surface area contributed by atoms with E-state index in [0.29, 0.717) is 12.5 Å². The third-order valence-corrected chi connectivity index (χ3v) is 4.44. The first kappa shape index (κ1) is 16.0. The number of nitrogens with zero attached hydrogens (tertiary/aromatic N) is 1. The minimum absolute atomic E-state index is 0.00786. The van der Waals surface area contributed by atoms with E-state index in [1.54, 1.807) is 0 Å². The van der Waals surface area contributed by atoms with Gasteiger partial charge in [0.25, 0.3) is 0 Å². The number of carbonyl (C=O) groups is 1. The molecule has 0 aromatic heterocycles. The number of rotatable bonds is 5. The Labute approximate surface area is 127 Å². The molecule has 1 aromatic carbocycles. The Bertz CT molecular complexity index is 449. The highest BCUT2D eigenvalue weighted by atomic mass is 16.3. The smallest absolute Gasteiger partial charge is 0.234 e. The van der Waals surface area contributed by atoms with E-state index in [2.05, 4.69) is 17.1 Å². The van der Waals surface area contributed by atoms with Crippen LogP contribution in [-0.4, -0.2) is 41.7 Å². The third-order valence-electron chi connectivity index (χ3n) is 4.44. The van der Waals surface area contributed by atoms with Crippen LogP contribution in [0.2, 0.25) is 0 Å². The predicted octanol–water partition coefficient (Wildman–Crippen LogP) is 1.96. The number of hydrogen-bond donors (Lipinski definition) is 2. The second-order valence-corrected chi connectivity index (χ2v) is 6.04. The van der Waals surface area contributed by atoms with Gasteiger partial charge in [0.05, 0.1) is 19.2 Å². The average Bonchev–Trinajstić information content (AvgIpc) is 2.48. The van der Waals surface area contributed by atoms with Gasteiger partial charge >= 0.3 is 0 Å². The van der Waals surface area contributed by atoms with E-state index in [0.717, 1.165) is 24.9 Å². The lowest BCUT2D eigenvalue weighted by molar-refractivity contribution is -0.124. The van der Waals surface area contributed by atoms with Crippen LogP contribution in [0, 0.1) is 5.92 Å². The fourth-order valence-electron chi connectivity index (χ4n) is 3.12. The Morgan fingerprint density at radius 2 is 2.14 bits per heavy atom. The number of nitrogens with one attached hydrogen (secondary N) is 1. The second kappa shape index (κ2) is 7.57. The van der Waals surface area contributed by atoms with Gasteiger partial charge in [-0.15, -0.1) is 0 Å². The zero-order valence-corrected chi connectivity index (χ0v) is 13.0. The van der Waals surface area contributed by atoms with Crippen molar-refractivity contribution in [3.63, 3.8) is 0 Å². The molecule has 1 aliphatic rings. The van der Waals surface area contributed by atoms with Gasteiger partial charge in [-0.05, 0) is 37.8 Å². The normalized spacial score (nSPS) is 24.5. The van der Waals surface area contributed by atoms with E-state index in [9.17, 15) is 9.90 Å². The molecule has 1 amide bonds. The summed E-state index contributed by atoms with van der Waals surface area (Å²) < 4.78 is 0. The van der Waals surface area contributed by atoms with Crippen LogP contribution in [0.4, 0.5) is 0 Å². The van der Waals surface area contributed by atoms with Crippen LogP contribution in [0.25, 0.3) is 0 Å². The van der Waals surface area contributed by atoms with Crippen molar-refractivity contribution in [3.8, 4) is 0 Å². The third kappa shape index (κ3) is 4.29.